The summed E-state index contributed by atoms with van der Waals surface area (Å²) in [6.07, 6.45) is 6.67. The Labute approximate surface area is 122 Å². The molecule has 1 rings (SSSR count). The Balaban J connectivity index is 3.28. The van der Waals surface area contributed by atoms with Crippen molar-refractivity contribution in [2.75, 3.05) is 13.2 Å². The van der Waals surface area contributed by atoms with Crippen LogP contribution in [0.3, 0.4) is 0 Å². The molecule has 116 valence electrons. The van der Waals surface area contributed by atoms with E-state index in [-0.39, 0.29) is 0 Å². The highest BCUT2D eigenvalue weighted by Gasteiger charge is 2.55. The number of aliphatic hydroxyl groups is 1. The molecule has 0 spiro atoms. The Bertz CT molecular complexity index is 406. The first-order chi connectivity index (χ1) is 9.27. The Hall–Kier alpha value is -0.410. The van der Waals surface area contributed by atoms with Crippen LogP contribution >= 0.6 is 7.60 Å². The lowest BCUT2D eigenvalue weighted by atomic mass is 9.70. The van der Waals surface area contributed by atoms with Crippen molar-refractivity contribution in [2.24, 2.45) is 5.41 Å². The number of hydrogen-bond donors (Lipinski definition) is 1. The van der Waals surface area contributed by atoms with Crippen LogP contribution in [0.2, 0.25) is 0 Å². The smallest absolute Gasteiger partial charge is 0.336 e. The van der Waals surface area contributed by atoms with Gasteiger partial charge in [-0.2, -0.15) is 0 Å². The van der Waals surface area contributed by atoms with E-state index in [1.807, 2.05) is 19.9 Å². The van der Waals surface area contributed by atoms with Crippen LogP contribution in [0.4, 0.5) is 0 Å². The molecule has 1 N–H and O–H groups in total. The van der Waals surface area contributed by atoms with Gasteiger partial charge in [0, 0.05) is 5.41 Å². The van der Waals surface area contributed by atoms with Crippen molar-refractivity contribution in [3.8, 4) is 0 Å². The predicted octanol–water partition coefficient (Wildman–Crippen LogP) is 3.91. The Kier molecular flexibility index (Phi) is 5.79. The van der Waals surface area contributed by atoms with Gasteiger partial charge in [-0.3, -0.25) is 4.57 Å². The zero-order chi connectivity index (χ0) is 15.4. The molecule has 4 nitrogen and oxygen atoms in total. The second kappa shape index (κ2) is 6.57. The summed E-state index contributed by atoms with van der Waals surface area (Å²) in [5.41, 5.74) is -2.49. The Morgan fingerprint density at radius 2 is 2.00 bits per heavy atom. The lowest BCUT2D eigenvalue weighted by Crippen LogP contribution is -2.52. The largest absolute Gasteiger partial charge is 0.384 e. The third-order valence-electron chi connectivity index (χ3n) is 4.03. The SMILES string of the molecule is C=CC(C)(C)[C@]1(O)C=CCC[C@H]1P(=O)(OCC)OCC. The lowest BCUT2D eigenvalue weighted by molar-refractivity contribution is -0.0147. The maximum absolute atomic E-state index is 13.1. The minimum atomic E-state index is -3.37. The molecule has 0 aromatic heterocycles. The van der Waals surface area contributed by atoms with Gasteiger partial charge in [0.1, 0.15) is 5.60 Å². The van der Waals surface area contributed by atoms with Crippen LogP contribution in [0.25, 0.3) is 0 Å². The van der Waals surface area contributed by atoms with Gasteiger partial charge in [-0.25, -0.2) is 0 Å². The van der Waals surface area contributed by atoms with Crippen molar-refractivity contribution < 1.29 is 18.7 Å². The van der Waals surface area contributed by atoms with E-state index in [1.54, 1.807) is 26.0 Å². The molecule has 0 fully saturated rings. The average Bonchev–Trinajstić information content (AvgIpc) is 2.39. The first-order valence-electron chi connectivity index (χ1n) is 7.20. The molecule has 0 aromatic carbocycles. The van der Waals surface area contributed by atoms with Gasteiger partial charge in [0.05, 0.1) is 18.9 Å². The fourth-order valence-corrected chi connectivity index (χ4v) is 5.15. The van der Waals surface area contributed by atoms with Crippen molar-refractivity contribution in [1.29, 1.82) is 0 Å². The molecule has 1 aliphatic rings. The summed E-state index contributed by atoms with van der Waals surface area (Å²) in [6, 6.07) is 0. The van der Waals surface area contributed by atoms with Gasteiger partial charge in [0.2, 0.25) is 0 Å². The summed E-state index contributed by atoms with van der Waals surface area (Å²) in [4.78, 5) is 0. The van der Waals surface area contributed by atoms with Crippen LogP contribution in [-0.4, -0.2) is 29.6 Å². The molecule has 0 aliphatic heterocycles. The highest BCUT2D eigenvalue weighted by atomic mass is 31.2. The zero-order valence-electron chi connectivity index (χ0n) is 13.0. The van der Waals surface area contributed by atoms with Gasteiger partial charge in [0.15, 0.2) is 0 Å². The third kappa shape index (κ3) is 3.09. The molecule has 5 heteroatoms. The molecule has 20 heavy (non-hydrogen) atoms. The van der Waals surface area contributed by atoms with E-state index in [0.29, 0.717) is 19.6 Å². The predicted molar refractivity (Wildman–Crippen MR) is 81.9 cm³/mol. The summed E-state index contributed by atoms with van der Waals surface area (Å²) in [5.74, 6) is 0. The van der Waals surface area contributed by atoms with Crippen LogP contribution in [0.1, 0.15) is 40.5 Å². The van der Waals surface area contributed by atoms with E-state index in [1.165, 1.54) is 0 Å². The number of allylic oxidation sites excluding steroid dienone is 1. The van der Waals surface area contributed by atoms with Crippen LogP contribution in [0, 0.1) is 5.41 Å². The molecule has 0 heterocycles. The number of hydrogen-bond acceptors (Lipinski definition) is 4. The molecule has 0 saturated carbocycles. The normalized spacial score (nSPS) is 27.6. The quantitative estimate of drug-likeness (QED) is 0.572. The molecule has 0 unspecified atom stereocenters. The molecule has 0 aromatic rings. The summed E-state index contributed by atoms with van der Waals surface area (Å²) >= 11 is 0. The monoisotopic (exact) mass is 302 g/mol. The molecule has 0 bridgehead atoms. The lowest BCUT2D eigenvalue weighted by Gasteiger charge is -2.47. The molecule has 0 amide bonds. The standard InChI is InChI=1S/C15H27O4P/c1-6-14(4,5)15(16)12-10-9-11-13(15)20(17,18-7-2)19-8-3/h6,10,12-13,16H,1,7-9,11H2,2-5H3/t13-,15+/m1/s1. The zero-order valence-corrected chi connectivity index (χ0v) is 13.9. The summed E-state index contributed by atoms with van der Waals surface area (Å²) < 4.78 is 24.0. The third-order valence-corrected chi connectivity index (χ3v) is 6.68. The molecule has 1 aliphatic carbocycles. The average molecular weight is 302 g/mol. The first kappa shape index (κ1) is 17.6. The first-order valence-corrected chi connectivity index (χ1v) is 8.81. The van der Waals surface area contributed by atoms with Crippen molar-refractivity contribution in [1.82, 2.24) is 0 Å². The molecular weight excluding hydrogens is 275 g/mol. The molecule has 0 radical (unpaired) electrons. The van der Waals surface area contributed by atoms with Gasteiger partial charge in [-0.1, -0.05) is 32.1 Å². The fourth-order valence-electron chi connectivity index (χ4n) is 2.63. The van der Waals surface area contributed by atoms with E-state index >= 15 is 0 Å². The van der Waals surface area contributed by atoms with Gasteiger partial charge >= 0.3 is 7.60 Å². The van der Waals surface area contributed by atoms with Crippen LogP contribution in [0.15, 0.2) is 24.8 Å². The van der Waals surface area contributed by atoms with Gasteiger partial charge in [-0.15, -0.1) is 6.58 Å². The van der Waals surface area contributed by atoms with Crippen molar-refractivity contribution in [3.63, 3.8) is 0 Å². The second-order valence-corrected chi connectivity index (χ2v) is 7.84. The van der Waals surface area contributed by atoms with Gasteiger partial charge < -0.3 is 14.2 Å². The van der Waals surface area contributed by atoms with Crippen molar-refractivity contribution >= 4 is 7.60 Å². The van der Waals surface area contributed by atoms with Crippen LogP contribution in [0.5, 0.6) is 0 Å². The second-order valence-electron chi connectivity index (χ2n) is 5.62. The van der Waals surface area contributed by atoms with E-state index in [4.69, 9.17) is 9.05 Å². The van der Waals surface area contributed by atoms with E-state index in [2.05, 4.69) is 6.58 Å². The van der Waals surface area contributed by atoms with E-state index in [9.17, 15) is 9.67 Å². The van der Waals surface area contributed by atoms with E-state index in [0.717, 1.165) is 6.42 Å². The molecule has 0 saturated heterocycles. The minimum Gasteiger partial charge on any atom is -0.384 e. The van der Waals surface area contributed by atoms with Crippen molar-refractivity contribution in [3.05, 3.63) is 24.8 Å². The van der Waals surface area contributed by atoms with Gasteiger partial charge in [-0.05, 0) is 26.7 Å². The van der Waals surface area contributed by atoms with Crippen LogP contribution < -0.4 is 0 Å². The van der Waals surface area contributed by atoms with Crippen LogP contribution in [-0.2, 0) is 13.6 Å². The highest BCUT2D eigenvalue weighted by Crippen LogP contribution is 2.62. The van der Waals surface area contributed by atoms with E-state index < -0.39 is 24.3 Å². The summed E-state index contributed by atoms with van der Waals surface area (Å²) in [5, 5.41) is 11.2. The maximum atomic E-state index is 13.1. The minimum absolute atomic E-state index is 0.294. The fraction of sp³-hybridized carbons (Fsp3) is 0.733. The summed E-state index contributed by atoms with van der Waals surface area (Å²) in [7, 11) is -3.37. The summed E-state index contributed by atoms with van der Waals surface area (Å²) in [6.45, 7) is 11.7. The maximum Gasteiger partial charge on any atom is 0.336 e. The highest BCUT2D eigenvalue weighted by molar-refractivity contribution is 7.54. The molecule has 2 atom stereocenters. The molecular formula is C15H27O4P. The van der Waals surface area contributed by atoms with Crippen molar-refractivity contribution in [2.45, 2.75) is 51.8 Å². The topological polar surface area (TPSA) is 55.8 Å². The Morgan fingerprint density at radius 3 is 2.45 bits per heavy atom. The Morgan fingerprint density at radius 1 is 1.45 bits per heavy atom. The van der Waals surface area contributed by atoms with Gasteiger partial charge in [0.25, 0.3) is 0 Å². The number of rotatable bonds is 7.